The second-order valence-corrected chi connectivity index (χ2v) is 6.10. The number of carbonyl (C=O) groups excluding carboxylic acids is 2. The van der Waals surface area contributed by atoms with Crippen molar-refractivity contribution in [3.63, 3.8) is 0 Å². The maximum absolute atomic E-state index is 13.5. The number of pyridine rings is 1. The molecule has 0 bridgehead atoms. The Kier molecular flexibility index (Phi) is 6.45. The average molecular weight is 420 g/mol. The molecule has 1 atom stereocenters. The fourth-order valence-corrected chi connectivity index (χ4v) is 2.60. The van der Waals surface area contributed by atoms with Gasteiger partial charge in [0, 0.05) is 13.2 Å². The molecule has 0 saturated heterocycles. The standard InChI is InChI=1S/C17H14ClF4N3O3/c1-25(13(14(23)26)9-3-2-4-11(19)5-9)16(27)10-6-12(18)15(24-7-10)28-8-17(20,21)22/h2-7,13H,8H2,1H3,(H2,23,26). The maximum Gasteiger partial charge on any atom is 0.422 e. The number of ether oxygens (including phenoxy) is 1. The van der Waals surface area contributed by atoms with Crippen LogP contribution in [0.2, 0.25) is 5.02 Å². The van der Waals surface area contributed by atoms with Crippen molar-refractivity contribution in [2.75, 3.05) is 13.7 Å². The van der Waals surface area contributed by atoms with Crippen LogP contribution in [0.1, 0.15) is 22.0 Å². The van der Waals surface area contributed by atoms with Crippen molar-refractivity contribution in [1.82, 2.24) is 9.88 Å². The Bertz CT molecular complexity index is 892. The molecule has 1 unspecified atom stereocenters. The molecular formula is C17H14ClF4N3O3. The number of nitrogens with zero attached hydrogens (tertiary/aromatic N) is 2. The van der Waals surface area contributed by atoms with Gasteiger partial charge in [0.1, 0.15) is 16.9 Å². The van der Waals surface area contributed by atoms with E-state index in [1.165, 1.54) is 19.2 Å². The van der Waals surface area contributed by atoms with Gasteiger partial charge in [0.05, 0.1) is 5.56 Å². The summed E-state index contributed by atoms with van der Waals surface area (Å²) in [5, 5.41) is -0.329. The van der Waals surface area contributed by atoms with E-state index in [-0.39, 0.29) is 16.1 Å². The number of likely N-dealkylation sites (N-methyl/N-ethyl adjacent to an activating group) is 1. The monoisotopic (exact) mass is 419 g/mol. The molecule has 6 nitrogen and oxygen atoms in total. The Hall–Kier alpha value is -2.88. The third kappa shape index (κ3) is 5.32. The van der Waals surface area contributed by atoms with Gasteiger partial charge >= 0.3 is 6.18 Å². The van der Waals surface area contributed by atoms with Crippen LogP contribution in [0, 0.1) is 5.82 Å². The quantitative estimate of drug-likeness (QED) is 0.729. The summed E-state index contributed by atoms with van der Waals surface area (Å²) < 4.78 is 54.6. The van der Waals surface area contributed by atoms with E-state index in [4.69, 9.17) is 17.3 Å². The van der Waals surface area contributed by atoms with Crippen molar-refractivity contribution in [1.29, 1.82) is 0 Å². The highest BCUT2D eigenvalue weighted by Gasteiger charge is 2.30. The van der Waals surface area contributed by atoms with Crippen LogP contribution in [0.5, 0.6) is 5.88 Å². The van der Waals surface area contributed by atoms with Crippen molar-refractivity contribution in [2.24, 2.45) is 5.73 Å². The Morgan fingerprint density at radius 1 is 1.32 bits per heavy atom. The molecule has 0 saturated carbocycles. The minimum Gasteiger partial charge on any atom is -0.467 e. The van der Waals surface area contributed by atoms with E-state index in [1.807, 2.05) is 0 Å². The van der Waals surface area contributed by atoms with Crippen molar-refractivity contribution >= 4 is 23.4 Å². The number of hydrogen-bond donors (Lipinski definition) is 1. The largest absolute Gasteiger partial charge is 0.467 e. The minimum absolute atomic E-state index is 0.130. The van der Waals surface area contributed by atoms with E-state index < -0.39 is 42.3 Å². The summed E-state index contributed by atoms with van der Waals surface area (Å²) in [6, 6.07) is 4.74. The zero-order chi connectivity index (χ0) is 21.1. The highest BCUT2D eigenvalue weighted by Crippen LogP contribution is 2.27. The summed E-state index contributed by atoms with van der Waals surface area (Å²) in [7, 11) is 1.25. The molecule has 1 heterocycles. The van der Waals surface area contributed by atoms with E-state index >= 15 is 0 Å². The number of halogens is 5. The van der Waals surface area contributed by atoms with E-state index in [9.17, 15) is 27.2 Å². The zero-order valence-electron chi connectivity index (χ0n) is 14.3. The SMILES string of the molecule is CN(C(=O)c1cnc(OCC(F)(F)F)c(Cl)c1)C(C(N)=O)c1cccc(F)c1. The van der Waals surface area contributed by atoms with Gasteiger partial charge in [-0.2, -0.15) is 13.2 Å². The number of benzene rings is 1. The molecular weight excluding hydrogens is 406 g/mol. The van der Waals surface area contributed by atoms with Crippen LogP contribution in [0.15, 0.2) is 36.5 Å². The van der Waals surface area contributed by atoms with Crippen LogP contribution in [0.4, 0.5) is 17.6 Å². The second-order valence-electron chi connectivity index (χ2n) is 5.69. The van der Waals surface area contributed by atoms with E-state index in [0.29, 0.717) is 0 Å². The van der Waals surface area contributed by atoms with Crippen molar-refractivity contribution in [2.45, 2.75) is 12.2 Å². The van der Waals surface area contributed by atoms with Crippen LogP contribution >= 0.6 is 11.6 Å². The summed E-state index contributed by atoms with van der Waals surface area (Å²) in [5.74, 6) is -2.80. The van der Waals surface area contributed by atoms with Crippen molar-refractivity contribution < 1.29 is 31.9 Å². The third-order valence-electron chi connectivity index (χ3n) is 3.57. The number of hydrogen-bond acceptors (Lipinski definition) is 4. The topological polar surface area (TPSA) is 85.5 Å². The Labute approximate surface area is 161 Å². The lowest BCUT2D eigenvalue weighted by atomic mass is 10.0. The molecule has 2 N–H and O–H groups in total. The van der Waals surface area contributed by atoms with Crippen LogP contribution in [0.25, 0.3) is 0 Å². The number of carbonyl (C=O) groups is 2. The van der Waals surface area contributed by atoms with Crippen LogP contribution in [-0.2, 0) is 4.79 Å². The van der Waals surface area contributed by atoms with Gasteiger partial charge in [-0.1, -0.05) is 23.7 Å². The molecule has 0 aliphatic heterocycles. The zero-order valence-corrected chi connectivity index (χ0v) is 15.1. The fourth-order valence-electron chi connectivity index (χ4n) is 2.38. The summed E-state index contributed by atoms with van der Waals surface area (Å²) in [4.78, 5) is 29.0. The molecule has 150 valence electrons. The molecule has 0 spiro atoms. The molecule has 2 rings (SSSR count). The molecule has 0 aliphatic rings. The number of nitrogens with two attached hydrogens (primary N) is 1. The highest BCUT2D eigenvalue weighted by atomic mass is 35.5. The normalized spacial score (nSPS) is 12.4. The molecule has 0 aliphatic carbocycles. The summed E-state index contributed by atoms with van der Waals surface area (Å²) in [6.07, 6.45) is -3.64. The van der Waals surface area contributed by atoms with Crippen molar-refractivity contribution in [3.8, 4) is 5.88 Å². The van der Waals surface area contributed by atoms with E-state index in [2.05, 4.69) is 9.72 Å². The van der Waals surface area contributed by atoms with Gasteiger partial charge in [0.2, 0.25) is 11.8 Å². The maximum atomic E-state index is 13.5. The van der Waals surface area contributed by atoms with Gasteiger partial charge in [0.25, 0.3) is 5.91 Å². The number of amides is 2. The molecule has 28 heavy (non-hydrogen) atoms. The molecule has 11 heteroatoms. The lowest BCUT2D eigenvalue weighted by Gasteiger charge is -2.26. The lowest BCUT2D eigenvalue weighted by molar-refractivity contribution is -0.154. The fraction of sp³-hybridized carbons (Fsp3) is 0.235. The molecule has 2 amide bonds. The van der Waals surface area contributed by atoms with E-state index in [1.54, 1.807) is 0 Å². The summed E-state index contributed by atoms with van der Waals surface area (Å²) in [6.45, 7) is -1.60. The number of aromatic nitrogens is 1. The molecule has 1 aromatic carbocycles. The summed E-state index contributed by atoms with van der Waals surface area (Å²) >= 11 is 5.82. The first-order valence-corrected chi connectivity index (χ1v) is 8.04. The van der Waals surface area contributed by atoms with Crippen LogP contribution in [0.3, 0.4) is 0 Å². The number of rotatable bonds is 6. The predicted molar refractivity (Wildman–Crippen MR) is 91.2 cm³/mol. The molecule has 0 radical (unpaired) electrons. The number of alkyl halides is 3. The first-order chi connectivity index (χ1) is 13.0. The van der Waals surface area contributed by atoms with Gasteiger partial charge in [-0.3, -0.25) is 9.59 Å². The third-order valence-corrected chi connectivity index (χ3v) is 3.84. The predicted octanol–water partition coefficient (Wildman–Crippen LogP) is 3.11. The van der Waals surface area contributed by atoms with Crippen LogP contribution in [-0.4, -0.2) is 41.5 Å². The lowest BCUT2D eigenvalue weighted by Crippen LogP contribution is -2.39. The Morgan fingerprint density at radius 2 is 2.00 bits per heavy atom. The van der Waals surface area contributed by atoms with Gasteiger partial charge in [-0.05, 0) is 23.8 Å². The van der Waals surface area contributed by atoms with Crippen molar-refractivity contribution in [3.05, 3.63) is 58.5 Å². The summed E-state index contributed by atoms with van der Waals surface area (Å²) in [5.41, 5.74) is 5.36. The molecule has 1 aromatic heterocycles. The Morgan fingerprint density at radius 3 is 2.54 bits per heavy atom. The number of primary amides is 1. The first-order valence-electron chi connectivity index (χ1n) is 7.66. The second kappa shape index (κ2) is 8.42. The van der Waals surface area contributed by atoms with Gasteiger partial charge in [0.15, 0.2) is 6.61 Å². The van der Waals surface area contributed by atoms with Crippen LogP contribution < -0.4 is 10.5 Å². The first kappa shape index (κ1) is 21.4. The van der Waals surface area contributed by atoms with Gasteiger partial charge in [-0.25, -0.2) is 9.37 Å². The Balaban J connectivity index is 2.26. The molecule has 0 fully saturated rings. The minimum atomic E-state index is -4.58. The highest BCUT2D eigenvalue weighted by molar-refractivity contribution is 6.32. The van der Waals surface area contributed by atoms with E-state index in [0.717, 1.165) is 29.3 Å². The van der Waals surface area contributed by atoms with Gasteiger partial charge in [-0.15, -0.1) is 0 Å². The van der Waals surface area contributed by atoms with Gasteiger partial charge < -0.3 is 15.4 Å². The average Bonchev–Trinajstić information content (AvgIpc) is 2.59. The smallest absolute Gasteiger partial charge is 0.422 e. The molecule has 2 aromatic rings.